The summed E-state index contributed by atoms with van der Waals surface area (Å²) < 4.78 is 46.6. The van der Waals surface area contributed by atoms with Crippen LogP contribution >= 0.6 is 11.8 Å². The zero-order valence-electron chi connectivity index (χ0n) is 22.7. The second-order valence-electron chi connectivity index (χ2n) is 10.9. The van der Waals surface area contributed by atoms with Gasteiger partial charge in [-0.3, -0.25) is 19.3 Å². The molecule has 0 N–H and O–H groups in total. The van der Waals surface area contributed by atoms with Gasteiger partial charge in [0, 0.05) is 34.0 Å². The van der Waals surface area contributed by atoms with E-state index in [0.717, 1.165) is 49.3 Å². The van der Waals surface area contributed by atoms with Gasteiger partial charge >= 0.3 is 6.16 Å². The molecular weight excluding hydrogens is 568 g/mol. The summed E-state index contributed by atoms with van der Waals surface area (Å²) in [5.74, 6) is -2.21. The molecular formula is C30H27F2N3O6S. The number of carbonyl (C=O) groups is 2. The minimum absolute atomic E-state index is 0.0149. The van der Waals surface area contributed by atoms with Gasteiger partial charge in [0.25, 0.3) is 5.91 Å². The average Bonchev–Trinajstić information content (AvgIpc) is 3.78. The number of methoxy groups -OCH3 is 1. The van der Waals surface area contributed by atoms with Crippen LogP contribution in [0.1, 0.15) is 65.3 Å². The van der Waals surface area contributed by atoms with Crippen molar-refractivity contribution in [2.24, 2.45) is 0 Å². The van der Waals surface area contributed by atoms with Crippen LogP contribution in [-0.2, 0) is 15.2 Å². The molecule has 4 heterocycles. The molecule has 3 aromatic rings. The highest BCUT2D eigenvalue weighted by molar-refractivity contribution is 7.98. The second kappa shape index (κ2) is 10.0. The van der Waals surface area contributed by atoms with Gasteiger partial charge in [-0.25, -0.2) is 13.6 Å². The number of aromatic nitrogens is 1. The van der Waals surface area contributed by atoms with Gasteiger partial charge in [-0.2, -0.15) is 0 Å². The Balaban J connectivity index is 1.47. The number of halogens is 2. The van der Waals surface area contributed by atoms with Crippen molar-refractivity contribution in [2.75, 3.05) is 18.9 Å². The Kier molecular flexibility index (Phi) is 6.41. The summed E-state index contributed by atoms with van der Waals surface area (Å²) in [6.45, 7) is -0.642. The molecule has 1 saturated carbocycles. The Hall–Kier alpha value is -4.06. The molecule has 9 nitrogen and oxygen atoms in total. The quantitative estimate of drug-likeness (QED) is 0.305. The highest BCUT2D eigenvalue weighted by Gasteiger charge is 2.59. The number of benzene rings is 2. The van der Waals surface area contributed by atoms with Crippen LogP contribution in [0.25, 0.3) is 0 Å². The first-order valence-electron chi connectivity index (χ1n) is 13.7. The van der Waals surface area contributed by atoms with Crippen LogP contribution in [0.5, 0.6) is 5.75 Å². The smallest absolute Gasteiger partial charge is 0.451 e. The molecule has 1 aliphatic carbocycles. The molecule has 3 aliphatic heterocycles. The summed E-state index contributed by atoms with van der Waals surface area (Å²) in [5, 5.41) is 2.00. The van der Waals surface area contributed by atoms with Crippen LogP contribution in [0.3, 0.4) is 0 Å². The van der Waals surface area contributed by atoms with E-state index in [4.69, 9.17) is 9.47 Å². The summed E-state index contributed by atoms with van der Waals surface area (Å²) in [6, 6.07) is 11.1. The lowest BCUT2D eigenvalue weighted by Gasteiger charge is -2.55. The second-order valence-corrected chi connectivity index (χ2v) is 11.9. The monoisotopic (exact) mass is 595 g/mol. The number of thioether (sulfide) groups is 1. The van der Waals surface area contributed by atoms with E-state index in [1.165, 1.54) is 24.0 Å². The van der Waals surface area contributed by atoms with E-state index in [1.807, 2.05) is 34.2 Å². The number of amides is 1. The zero-order chi connectivity index (χ0) is 29.2. The van der Waals surface area contributed by atoms with Gasteiger partial charge in [0.1, 0.15) is 6.17 Å². The summed E-state index contributed by atoms with van der Waals surface area (Å²) in [7, 11) is 1.14. The lowest BCUT2D eigenvalue weighted by atomic mass is 9.90. The van der Waals surface area contributed by atoms with Gasteiger partial charge in [-0.15, -0.1) is 11.8 Å². The van der Waals surface area contributed by atoms with E-state index in [9.17, 15) is 18.8 Å². The lowest BCUT2D eigenvalue weighted by Crippen LogP contribution is -2.67. The summed E-state index contributed by atoms with van der Waals surface area (Å²) in [4.78, 5) is 41.8. The van der Waals surface area contributed by atoms with Gasteiger partial charge < -0.3 is 19.1 Å². The fourth-order valence-corrected chi connectivity index (χ4v) is 7.77. The number of ether oxygens (including phenoxy) is 3. The van der Waals surface area contributed by atoms with E-state index >= 15 is 4.39 Å². The molecule has 42 heavy (non-hydrogen) atoms. The summed E-state index contributed by atoms with van der Waals surface area (Å²) in [6.07, 6.45) is 4.11. The number of pyridine rings is 1. The van der Waals surface area contributed by atoms with Crippen molar-refractivity contribution >= 4 is 23.8 Å². The number of rotatable bonds is 4. The van der Waals surface area contributed by atoms with Gasteiger partial charge in [-0.05, 0) is 55.4 Å². The zero-order valence-corrected chi connectivity index (χ0v) is 23.5. The van der Waals surface area contributed by atoms with Crippen molar-refractivity contribution in [2.45, 2.75) is 60.5 Å². The Labute approximate surface area is 243 Å². The molecule has 2 atom stereocenters. The maximum atomic E-state index is 15.4. The van der Waals surface area contributed by atoms with Crippen molar-refractivity contribution in [3.63, 3.8) is 0 Å². The maximum absolute atomic E-state index is 15.4. The maximum Gasteiger partial charge on any atom is 0.510 e. The Morgan fingerprint density at radius 1 is 1.07 bits per heavy atom. The van der Waals surface area contributed by atoms with E-state index in [2.05, 4.69) is 4.74 Å². The van der Waals surface area contributed by atoms with Crippen LogP contribution in [-0.4, -0.2) is 47.2 Å². The van der Waals surface area contributed by atoms with Crippen LogP contribution < -0.4 is 15.2 Å². The molecule has 1 spiro atoms. The van der Waals surface area contributed by atoms with Crippen molar-refractivity contribution in [3.05, 3.63) is 92.9 Å². The van der Waals surface area contributed by atoms with Crippen molar-refractivity contribution in [1.29, 1.82) is 0 Å². The Bertz CT molecular complexity index is 1680. The van der Waals surface area contributed by atoms with Crippen molar-refractivity contribution in [1.82, 2.24) is 9.58 Å². The molecule has 1 saturated heterocycles. The topological polar surface area (TPSA) is 90.3 Å². The normalized spacial score (nSPS) is 21.5. The van der Waals surface area contributed by atoms with E-state index in [0.29, 0.717) is 12.0 Å². The van der Waals surface area contributed by atoms with Crippen molar-refractivity contribution < 1.29 is 32.6 Å². The number of nitrogens with zero attached hydrogens (tertiary/aromatic N) is 3. The van der Waals surface area contributed by atoms with Crippen LogP contribution in [0.4, 0.5) is 13.6 Å². The molecule has 0 unspecified atom stereocenters. The molecule has 1 aromatic heterocycles. The number of hydrogen-bond acceptors (Lipinski definition) is 8. The first kappa shape index (κ1) is 26.8. The Morgan fingerprint density at radius 2 is 1.88 bits per heavy atom. The molecule has 218 valence electrons. The standard InChI is InChI=1S/C30H27F2N3O6S/c1-39-29(38)41-16-40-27-21(36)10-14-33-26(27)28(37)34-23(7-4-11-30(34)12-13-30)35(33)25-17-8-9-20(31)24(32)19(17)15-42-22-6-3-2-5-18(22)25/h2-3,5-6,8-10,14,23,25H,4,7,11-13,15-16H2,1H3/t23-,25+/m1/s1. The molecule has 7 rings (SSSR count). The van der Waals surface area contributed by atoms with E-state index in [1.54, 1.807) is 10.7 Å². The first-order valence-corrected chi connectivity index (χ1v) is 14.7. The number of piperidine rings is 1. The molecule has 2 fully saturated rings. The average molecular weight is 596 g/mol. The third-order valence-electron chi connectivity index (χ3n) is 8.68. The predicted octanol–water partition coefficient (Wildman–Crippen LogP) is 5.08. The SMILES string of the molecule is COC(=O)OCOc1c2n(ccc1=O)N([C@@H]1c3ccccc3SCc3c1ccc(F)c3F)[C@@H]1CCCC3(CC3)N1C2=O. The lowest BCUT2D eigenvalue weighted by molar-refractivity contribution is 0.00906. The molecule has 0 bridgehead atoms. The van der Waals surface area contributed by atoms with E-state index in [-0.39, 0.29) is 34.2 Å². The number of carbonyl (C=O) groups excluding carboxylic acids is 2. The Morgan fingerprint density at radius 3 is 2.67 bits per heavy atom. The highest BCUT2D eigenvalue weighted by atomic mass is 32.2. The predicted molar refractivity (Wildman–Crippen MR) is 148 cm³/mol. The number of hydrogen-bond donors (Lipinski definition) is 0. The molecule has 12 heteroatoms. The molecule has 4 aliphatic rings. The first-order chi connectivity index (χ1) is 20.3. The van der Waals surface area contributed by atoms with Gasteiger partial charge in [-0.1, -0.05) is 24.3 Å². The largest absolute Gasteiger partial charge is 0.510 e. The van der Waals surface area contributed by atoms with Gasteiger partial charge in [0.2, 0.25) is 18.0 Å². The fourth-order valence-electron chi connectivity index (χ4n) is 6.65. The van der Waals surface area contributed by atoms with Crippen LogP contribution in [0.15, 0.2) is 58.4 Å². The highest BCUT2D eigenvalue weighted by Crippen LogP contribution is 2.54. The van der Waals surface area contributed by atoms with Crippen LogP contribution in [0, 0.1) is 11.6 Å². The van der Waals surface area contributed by atoms with Gasteiger partial charge in [0.05, 0.1) is 13.2 Å². The molecule has 2 aromatic carbocycles. The minimum Gasteiger partial charge on any atom is -0.451 e. The summed E-state index contributed by atoms with van der Waals surface area (Å²) >= 11 is 1.43. The minimum atomic E-state index is -1.00. The molecule has 0 radical (unpaired) electrons. The third kappa shape index (κ3) is 4.06. The summed E-state index contributed by atoms with van der Waals surface area (Å²) in [5.41, 5.74) is 0.778. The fraction of sp³-hybridized carbons (Fsp3) is 0.367. The van der Waals surface area contributed by atoms with E-state index < -0.39 is 42.2 Å². The van der Waals surface area contributed by atoms with Crippen molar-refractivity contribution in [3.8, 4) is 5.75 Å². The third-order valence-corrected chi connectivity index (χ3v) is 9.79. The van der Waals surface area contributed by atoms with Gasteiger partial charge in [0.15, 0.2) is 17.3 Å². The molecule has 1 amide bonds. The number of fused-ring (bicyclic) bond motifs is 5. The van der Waals surface area contributed by atoms with Crippen LogP contribution in [0.2, 0.25) is 0 Å².